The van der Waals surface area contributed by atoms with Crippen molar-refractivity contribution in [2.45, 2.75) is 44.6 Å². The van der Waals surface area contributed by atoms with E-state index < -0.39 is 0 Å². The third kappa shape index (κ3) is 4.90. The summed E-state index contributed by atoms with van der Waals surface area (Å²) < 4.78 is 0. The second kappa shape index (κ2) is 8.01. The van der Waals surface area contributed by atoms with Gasteiger partial charge in [0.25, 0.3) is 0 Å². The Kier molecular flexibility index (Phi) is 6.87. The van der Waals surface area contributed by atoms with Crippen molar-refractivity contribution < 1.29 is 0 Å². The van der Waals surface area contributed by atoms with Gasteiger partial charge < -0.3 is 0 Å². The molecule has 0 aromatic heterocycles. The second-order valence-electron chi connectivity index (χ2n) is 4.23. The molecule has 0 aromatic carbocycles. The Bertz CT molecular complexity index is 192. The van der Waals surface area contributed by atoms with Gasteiger partial charge in [-0.15, -0.1) is 0 Å². The standard InChI is InChI=1S/C12H22N2S/c1-15-10-6-7-12(11-13)14-8-4-2-3-5-9-14/h12H,2-10H2,1H3. The van der Waals surface area contributed by atoms with Crippen LogP contribution in [-0.4, -0.2) is 36.0 Å². The molecule has 0 aromatic rings. The monoisotopic (exact) mass is 226 g/mol. The molecule has 1 atom stereocenters. The molecule has 1 saturated heterocycles. The van der Waals surface area contributed by atoms with Crippen LogP contribution in [0.4, 0.5) is 0 Å². The zero-order valence-electron chi connectivity index (χ0n) is 9.74. The van der Waals surface area contributed by atoms with Crippen molar-refractivity contribution in [1.29, 1.82) is 5.26 Å². The predicted molar refractivity (Wildman–Crippen MR) is 67.1 cm³/mol. The number of nitrogens with zero attached hydrogens (tertiary/aromatic N) is 2. The molecule has 1 aliphatic heterocycles. The van der Waals surface area contributed by atoms with Crippen LogP contribution in [0.2, 0.25) is 0 Å². The largest absolute Gasteiger partial charge is 0.288 e. The first-order valence-corrected chi connectivity index (χ1v) is 7.40. The quantitative estimate of drug-likeness (QED) is 0.674. The number of nitriles is 1. The Morgan fingerprint density at radius 2 is 1.93 bits per heavy atom. The molecule has 0 amide bonds. The average molecular weight is 226 g/mol. The van der Waals surface area contributed by atoms with Crippen molar-refractivity contribution in [1.82, 2.24) is 4.90 Å². The van der Waals surface area contributed by atoms with Crippen LogP contribution in [0.1, 0.15) is 38.5 Å². The molecule has 2 nitrogen and oxygen atoms in total. The van der Waals surface area contributed by atoms with E-state index in [1.54, 1.807) is 0 Å². The fraction of sp³-hybridized carbons (Fsp3) is 0.917. The number of hydrogen-bond donors (Lipinski definition) is 0. The van der Waals surface area contributed by atoms with Crippen LogP contribution in [0.5, 0.6) is 0 Å². The molecule has 1 fully saturated rings. The first kappa shape index (κ1) is 12.9. The average Bonchev–Trinajstić information content (AvgIpc) is 2.53. The molecule has 0 spiro atoms. The van der Waals surface area contributed by atoms with Gasteiger partial charge >= 0.3 is 0 Å². The Hall–Kier alpha value is -0.200. The second-order valence-corrected chi connectivity index (χ2v) is 5.22. The van der Waals surface area contributed by atoms with Gasteiger partial charge in [-0.1, -0.05) is 12.8 Å². The Morgan fingerprint density at radius 1 is 1.27 bits per heavy atom. The summed E-state index contributed by atoms with van der Waals surface area (Å²) >= 11 is 1.88. The summed E-state index contributed by atoms with van der Waals surface area (Å²) in [6.45, 7) is 2.27. The van der Waals surface area contributed by atoms with Gasteiger partial charge in [0.1, 0.15) is 0 Å². The molecular weight excluding hydrogens is 204 g/mol. The molecule has 1 rings (SSSR count). The SMILES string of the molecule is CSCCCC(C#N)N1CCCCCC1. The van der Waals surface area contributed by atoms with E-state index in [9.17, 15) is 5.26 Å². The molecule has 1 heterocycles. The summed E-state index contributed by atoms with van der Waals surface area (Å²) in [5, 5.41) is 9.17. The van der Waals surface area contributed by atoms with E-state index in [1.165, 1.54) is 37.9 Å². The van der Waals surface area contributed by atoms with Crippen LogP contribution in [0.25, 0.3) is 0 Å². The van der Waals surface area contributed by atoms with Crippen LogP contribution in [0.15, 0.2) is 0 Å². The van der Waals surface area contributed by atoms with Crippen LogP contribution in [-0.2, 0) is 0 Å². The highest BCUT2D eigenvalue weighted by molar-refractivity contribution is 7.98. The summed E-state index contributed by atoms with van der Waals surface area (Å²) in [6, 6.07) is 2.65. The molecule has 3 heteroatoms. The van der Waals surface area contributed by atoms with Crippen molar-refractivity contribution in [2.75, 3.05) is 25.1 Å². The van der Waals surface area contributed by atoms with Gasteiger partial charge in [-0.05, 0) is 50.8 Å². The smallest absolute Gasteiger partial charge is 0.0978 e. The molecule has 0 radical (unpaired) electrons. The molecule has 1 unspecified atom stereocenters. The lowest BCUT2D eigenvalue weighted by Gasteiger charge is -2.25. The highest BCUT2D eigenvalue weighted by Crippen LogP contribution is 2.15. The van der Waals surface area contributed by atoms with E-state index in [-0.39, 0.29) is 6.04 Å². The lowest BCUT2D eigenvalue weighted by atomic mass is 10.1. The first-order valence-electron chi connectivity index (χ1n) is 6.01. The minimum Gasteiger partial charge on any atom is -0.288 e. The van der Waals surface area contributed by atoms with Gasteiger partial charge in [-0.25, -0.2) is 0 Å². The summed E-state index contributed by atoms with van der Waals surface area (Å²) in [7, 11) is 0. The Balaban J connectivity index is 2.31. The third-order valence-electron chi connectivity index (χ3n) is 3.06. The maximum Gasteiger partial charge on any atom is 0.0978 e. The lowest BCUT2D eigenvalue weighted by molar-refractivity contribution is 0.233. The summed E-state index contributed by atoms with van der Waals surface area (Å²) in [5.74, 6) is 1.19. The molecule has 0 saturated carbocycles. The van der Waals surface area contributed by atoms with E-state index in [0.717, 1.165) is 19.5 Å². The maximum atomic E-state index is 9.17. The van der Waals surface area contributed by atoms with Crippen LogP contribution >= 0.6 is 11.8 Å². The van der Waals surface area contributed by atoms with E-state index in [1.807, 2.05) is 11.8 Å². The Morgan fingerprint density at radius 3 is 2.47 bits per heavy atom. The fourth-order valence-corrected chi connectivity index (χ4v) is 2.61. The minimum atomic E-state index is 0.176. The van der Waals surface area contributed by atoms with Crippen molar-refractivity contribution in [3.63, 3.8) is 0 Å². The van der Waals surface area contributed by atoms with Crippen molar-refractivity contribution in [3.05, 3.63) is 0 Å². The highest BCUT2D eigenvalue weighted by atomic mass is 32.2. The van der Waals surface area contributed by atoms with Gasteiger partial charge in [0.15, 0.2) is 0 Å². The predicted octanol–water partition coefficient (Wildman–Crippen LogP) is 2.90. The molecule has 0 bridgehead atoms. The maximum absolute atomic E-state index is 9.17. The number of likely N-dealkylation sites (tertiary alicyclic amines) is 1. The minimum absolute atomic E-state index is 0.176. The topological polar surface area (TPSA) is 27.0 Å². The fourth-order valence-electron chi connectivity index (χ4n) is 2.16. The van der Waals surface area contributed by atoms with Gasteiger partial charge in [-0.2, -0.15) is 17.0 Å². The van der Waals surface area contributed by atoms with Crippen molar-refractivity contribution >= 4 is 11.8 Å². The molecule has 0 aliphatic carbocycles. The number of hydrogen-bond acceptors (Lipinski definition) is 3. The van der Waals surface area contributed by atoms with Crippen LogP contribution in [0, 0.1) is 11.3 Å². The number of thioether (sulfide) groups is 1. The first-order chi connectivity index (χ1) is 7.38. The van der Waals surface area contributed by atoms with Crippen molar-refractivity contribution in [2.24, 2.45) is 0 Å². The van der Waals surface area contributed by atoms with E-state index in [0.29, 0.717) is 0 Å². The normalized spacial score (nSPS) is 20.5. The van der Waals surface area contributed by atoms with Gasteiger partial charge in [0.05, 0.1) is 12.1 Å². The third-order valence-corrected chi connectivity index (χ3v) is 3.75. The van der Waals surface area contributed by atoms with Gasteiger partial charge in [-0.3, -0.25) is 4.90 Å². The zero-order valence-corrected chi connectivity index (χ0v) is 10.6. The molecule has 15 heavy (non-hydrogen) atoms. The zero-order chi connectivity index (χ0) is 10.9. The molecule has 86 valence electrons. The van der Waals surface area contributed by atoms with Crippen LogP contribution in [0.3, 0.4) is 0 Å². The van der Waals surface area contributed by atoms with E-state index in [2.05, 4.69) is 17.2 Å². The highest BCUT2D eigenvalue weighted by Gasteiger charge is 2.18. The summed E-state index contributed by atoms with van der Waals surface area (Å²) in [5.41, 5.74) is 0. The lowest BCUT2D eigenvalue weighted by Crippen LogP contribution is -2.35. The summed E-state index contributed by atoms with van der Waals surface area (Å²) in [6.07, 6.45) is 9.61. The summed E-state index contributed by atoms with van der Waals surface area (Å²) in [4.78, 5) is 2.40. The van der Waals surface area contributed by atoms with Crippen LogP contribution < -0.4 is 0 Å². The van der Waals surface area contributed by atoms with Gasteiger partial charge in [0, 0.05) is 0 Å². The van der Waals surface area contributed by atoms with E-state index in [4.69, 9.17) is 0 Å². The Labute approximate surface area is 98.0 Å². The van der Waals surface area contributed by atoms with E-state index >= 15 is 0 Å². The molecule has 0 N–H and O–H groups in total. The molecular formula is C12H22N2S. The van der Waals surface area contributed by atoms with Gasteiger partial charge in [0.2, 0.25) is 0 Å². The number of rotatable bonds is 5. The van der Waals surface area contributed by atoms with Crippen molar-refractivity contribution in [3.8, 4) is 6.07 Å². The molecule has 1 aliphatic rings.